The summed E-state index contributed by atoms with van der Waals surface area (Å²) in [6, 6.07) is 8.20. The molecule has 1 aromatic carbocycles. The average Bonchev–Trinajstić information content (AvgIpc) is 3.19. The number of pyridine rings is 1. The summed E-state index contributed by atoms with van der Waals surface area (Å²) in [6.45, 7) is 9.72. The summed E-state index contributed by atoms with van der Waals surface area (Å²) in [7, 11) is 0. The molecule has 182 valence electrons. The van der Waals surface area contributed by atoms with Gasteiger partial charge in [-0.15, -0.1) is 0 Å². The number of rotatable bonds is 7. The van der Waals surface area contributed by atoms with Gasteiger partial charge in [-0.25, -0.2) is 19.9 Å². The Morgan fingerprint density at radius 3 is 2.63 bits per heavy atom. The van der Waals surface area contributed by atoms with E-state index in [0.717, 1.165) is 71.2 Å². The first kappa shape index (κ1) is 23.0. The molecule has 1 aliphatic rings. The predicted octanol–water partition coefficient (Wildman–Crippen LogP) is 5.34. The molecule has 0 radical (unpaired) electrons. The molecule has 0 aliphatic carbocycles. The Hall–Kier alpha value is -3.72. The number of anilines is 3. The summed E-state index contributed by atoms with van der Waals surface area (Å²) in [5.41, 5.74) is 4.20. The maximum Gasteiger partial charge on any atom is 0.227 e. The molecule has 4 heterocycles. The Morgan fingerprint density at radius 2 is 1.89 bits per heavy atom. The van der Waals surface area contributed by atoms with Gasteiger partial charge in [0.05, 0.1) is 12.3 Å². The Labute approximate surface area is 204 Å². The number of nitrogens with one attached hydrogen (secondary N) is 2. The third kappa shape index (κ3) is 5.05. The second-order valence-electron chi connectivity index (χ2n) is 8.68. The van der Waals surface area contributed by atoms with Crippen molar-refractivity contribution in [2.24, 2.45) is 0 Å². The van der Waals surface area contributed by atoms with Gasteiger partial charge in [-0.2, -0.15) is 0 Å². The zero-order valence-electron chi connectivity index (χ0n) is 20.5. The first-order valence-electron chi connectivity index (χ1n) is 12.0. The number of hydrogen-bond donors (Lipinski definition) is 2. The van der Waals surface area contributed by atoms with E-state index in [4.69, 9.17) is 23.9 Å². The highest BCUT2D eigenvalue weighted by Gasteiger charge is 2.18. The van der Waals surface area contributed by atoms with Crippen molar-refractivity contribution in [1.82, 2.24) is 19.9 Å². The van der Waals surface area contributed by atoms with E-state index in [1.807, 2.05) is 58.2 Å². The molecule has 0 amide bonds. The zero-order valence-corrected chi connectivity index (χ0v) is 20.5. The number of aromatic nitrogens is 4. The van der Waals surface area contributed by atoms with Crippen LogP contribution in [0.2, 0.25) is 0 Å². The van der Waals surface area contributed by atoms with Gasteiger partial charge < -0.3 is 24.5 Å². The number of nitrogens with zero attached hydrogens (tertiary/aromatic N) is 4. The van der Waals surface area contributed by atoms with Crippen LogP contribution in [0.5, 0.6) is 5.75 Å². The first-order chi connectivity index (χ1) is 17.0. The molecule has 3 aromatic heterocycles. The fourth-order valence-electron chi connectivity index (χ4n) is 4.33. The number of oxazole rings is 1. The number of hydrogen-bond acceptors (Lipinski definition) is 9. The van der Waals surface area contributed by atoms with Crippen LogP contribution in [0.15, 0.2) is 34.9 Å². The third-order valence-corrected chi connectivity index (χ3v) is 5.96. The van der Waals surface area contributed by atoms with Gasteiger partial charge in [0.15, 0.2) is 11.7 Å². The van der Waals surface area contributed by atoms with Crippen molar-refractivity contribution in [1.29, 1.82) is 0 Å². The molecule has 1 fully saturated rings. The van der Waals surface area contributed by atoms with E-state index < -0.39 is 0 Å². The third-order valence-electron chi connectivity index (χ3n) is 5.96. The lowest BCUT2D eigenvalue weighted by molar-refractivity contribution is 0.0904. The van der Waals surface area contributed by atoms with Crippen molar-refractivity contribution in [3.63, 3.8) is 0 Å². The van der Waals surface area contributed by atoms with Crippen LogP contribution in [0, 0.1) is 20.8 Å². The second kappa shape index (κ2) is 9.87. The quantitative estimate of drug-likeness (QED) is 0.367. The summed E-state index contributed by atoms with van der Waals surface area (Å²) in [5.74, 6) is 3.35. The molecule has 2 N–H and O–H groups in total. The summed E-state index contributed by atoms with van der Waals surface area (Å²) < 4.78 is 17.0. The summed E-state index contributed by atoms with van der Waals surface area (Å²) in [4.78, 5) is 18.6. The molecule has 5 rings (SSSR count). The van der Waals surface area contributed by atoms with Gasteiger partial charge in [-0.1, -0.05) is 6.07 Å². The smallest absolute Gasteiger partial charge is 0.227 e. The molecule has 0 bridgehead atoms. The molecule has 0 saturated carbocycles. The molecule has 1 saturated heterocycles. The fraction of sp³-hybridized carbons (Fsp3) is 0.385. The van der Waals surface area contributed by atoms with Gasteiger partial charge in [-0.05, 0) is 51.8 Å². The van der Waals surface area contributed by atoms with Crippen LogP contribution in [-0.2, 0) is 4.74 Å². The molecule has 0 atom stereocenters. The maximum absolute atomic E-state index is 5.93. The normalized spacial score (nSPS) is 14.3. The monoisotopic (exact) mass is 474 g/mol. The highest BCUT2D eigenvalue weighted by molar-refractivity contribution is 5.89. The Morgan fingerprint density at radius 1 is 1.06 bits per heavy atom. The molecular weight excluding hydrogens is 444 g/mol. The van der Waals surface area contributed by atoms with Gasteiger partial charge in [-0.3, -0.25) is 0 Å². The number of ether oxygens (including phenoxy) is 2. The van der Waals surface area contributed by atoms with Gasteiger partial charge in [0.25, 0.3) is 0 Å². The average molecular weight is 475 g/mol. The largest absolute Gasteiger partial charge is 0.492 e. The lowest BCUT2D eigenvalue weighted by Gasteiger charge is -2.24. The van der Waals surface area contributed by atoms with E-state index in [2.05, 4.69) is 20.6 Å². The number of fused-ring (bicyclic) bond motifs is 1. The van der Waals surface area contributed by atoms with E-state index in [0.29, 0.717) is 30.2 Å². The molecule has 1 aliphatic heterocycles. The number of aryl methyl sites for hydroxylation is 3. The SMILES string of the molecule is CCOc1cc(-c2nc(C)oc2C)ccc1Nc1ncc2cc(C)nc(NC3CCOCC3)c2n1. The topological polar surface area (TPSA) is 107 Å². The fourth-order valence-corrected chi connectivity index (χ4v) is 4.33. The molecular formula is C26H30N6O3. The Bertz CT molecular complexity index is 1350. The predicted molar refractivity (Wildman–Crippen MR) is 135 cm³/mol. The molecule has 35 heavy (non-hydrogen) atoms. The van der Waals surface area contributed by atoms with E-state index in [9.17, 15) is 0 Å². The molecule has 9 nitrogen and oxygen atoms in total. The van der Waals surface area contributed by atoms with E-state index in [1.165, 1.54) is 0 Å². The molecule has 0 unspecified atom stereocenters. The van der Waals surface area contributed by atoms with Crippen LogP contribution in [0.4, 0.5) is 17.5 Å². The number of benzene rings is 1. The van der Waals surface area contributed by atoms with Crippen molar-refractivity contribution in [2.45, 2.75) is 46.6 Å². The van der Waals surface area contributed by atoms with E-state index >= 15 is 0 Å². The van der Waals surface area contributed by atoms with Gasteiger partial charge in [0.2, 0.25) is 5.95 Å². The first-order valence-corrected chi connectivity index (χ1v) is 12.0. The van der Waals surface area contributed by atoms with Crippen LogP contribution in [0.25, 0.3) is 22.2 Å². The van der Waals surface area contributed by atoms with E-state index in [-0.39, 0.29) is 0 Å². The minimum Gasteiger partial charge on any atom is -0.492 e. The Balaban J connectivity index is 1.47. The van der Waals surface area contributed by atoms with Crippen LogP contribution in [-0.4, -0.2) is 45.8 Å². The maximum atomic E-state index is 5.93. The van der Waals surface area contributed by atoms with Crippen LogP contribution >= 0.6 is 0 Å². The van der Waals surface area contributed by atoms with Crippen LogP contribution in [0.3, 0.4) is 0 Å². The lowest BCUT2D eigenvalue weighted by atomic mass is 10.1. The summed E-state index contributed by atoms with van der Waals surface area (Å²) >= 11 is 0. The van der Waals surface area contributed by atoms with Gasteiger partial charge in [0, 0.05) is 49.0 Å². The van der Waals surface area contributed by atoms with Crippen LogP contribution < -0.4 is 15.4 Å². The second-order valence-corrected chi connectivity index (χ2v) is 8.68. The van der Waals surface area contributed by atoms with Crippen molar-refractivity contribution >= 4 is 28.4 Å². The standard InChI is InChI=1S/C26H30N6O3/c1-5-34-22-13-18(23-16(3)35-17(4)29-23)6-7-21(22)31-26-27-14-19-12-15(2)28-25(24(19)32-26)30-20-8-10-33-11-9-20/h6-7,12-14,20H,5,8-11H2,1-4H3,(H,28,30)(H,27,31,32). The minimum atomic E-state index is 0.313. The Kier molecular flexibility index (Phi) is 6.50. The highest BCUT2D eigenvalue weighted by atomic mass is 16.5. The summed E-state index contributed by atoms with van der Waals surface area (Å²) in [5, 5.41) is 7.84. The molecule has 9 heteroatoms. The van der Waals surface area contributed by atoms with Crippen molar-refractivity contribution in [2.75, 3.05) is 30.5 Å². The van der Waals surface area contributed by atoms with Crippen LogP contribution in [0.1, 0.15) is 37.1 Å². The van der Waals surface area contributed by atoms with E-state index in [1.54, 1.807) is 0 Å². The minimum absolute atomic E-state index is 0.313. The van der Waals surface area contributed by atoms with Crippen molar-refractivity contribution in [3.8, 4) is 17.0 Å². The summed E-state index contributed by atoms with van der Waals surface area (Å²) in [6.07, 6.45) is 3.72. The van der Waals surface area contributed by atoms with Crippen molar-refractivity contribution < 1.29 is 13.9 Å². The zero-order chi connectivity index (χ0) is 24.4. The van der Waals surface area contributed by atoms with Gasteiger partial charge in [0.1, 0.15) is 22.7 Å². The lowest BCUT2D eigenvalue weighted by Crippen LogP contribution is -2.28. The van der Waals surface area contributed by atoms with Gasteiger partial charge >= 0.3 is 0 Å². The molecule has 0 spiro atoms. The molecule has 4 aromatic rings. The van der Waals surface area contributed by atoms with Crippen molar-refractivity contribution in [3.05, 3.63) is 47.8 Å². The highest BCUT2D eigenvalue weighted by Crippen LogP contribution is 2.34.